The van der Waals surface area contributed by atoms with Crippen LogP contribution in [0, 0.1) is 0 Å². The summed E-state index contributed by atoms with van der Waals surface area (Å²) in [4.78, 5) is 0. The first-order chi connectivity index (χ1) is 7.46. The minimum atomic E-state index is -2.65. The third-order valence-corrected chi connectivity index (χ3v) is 32.5. The van der Waals surface area contributed by atoms with Gasteiger partial charge in [0.05, 0.1) is 0 Å². The van der Waals surface area contributed by atoms with Crippen LogP contribution in [0.5, 0.6) is 0 Å². The molecule has 1 aliphatic carbocycles. The van der Waals surface area contributed by atoms with Crippen LogP contribution in [-0.4, -0.2) is 12.2 Å². The van der Waals surface area contributed by atoms with E-state index in [0.29, 0.717) is 0 Å². The molecule has 0 aromatic heterocycles. The molecule has 1 N–H and O–H groups in total. The topological polar surface area (TPSA) is 12.0 Å². The second-order valence-corrected chi connectivity index (χ2v) is 31.8. The van der Waals surface area contributed by atoms with Crippen molar-refractivity contribution in [3.05, 3.63) is 21.6 Å². The van der Waals surface area contributed by atoms with Gasteiger partial charge in [0.25, 0.3) is 0 Å². The molecule has 0 radical (unpaired) electrons. The molecule has 17 heavy (non-hydrogen) atoms. The fraction of sp³-hybridized carbons (Fsp3) is 0.714. The zero-order valence-corrected chi connectivity index (χ0v) is 15.7. The van der Waals surface area contributed by atoms with Crippen molar-refractivity contribution in [1.82, 2.24) is 3.80 Å². The van der Waals surface area contributed by atoms with Crippen LogP contribution in [0.25, 0.3) is 0 Å². The zero-order chi connectivity index (χ0) is 13.5. The normalized spacial score (nSPS) is 19.9. The fourth-order valence-electron chi connectivity index (χ4n) is 3.26. The summed E-state index contributed by atoms with van der Waals surface area (Å²) in [5, 5.41) is 5.23. The summed E-state index contributed by atoms with van der Waals surface area (Å²) >= 11 is -2.65. The quantitative estimate of drug-likeness (QED) is 0.764. The fourth-order valence-corrected chi connectivity index (χ4v) is 19.1. The van der Waals surface area contributed by atoms with Crippen molar-refractivity contribution in [3.63, 3.8) is 0 Å². The monoisotopic (exact) mass is 288 g/mol. The average molecular weight is 288 g/mol. The maximum atomic E-state index is 4.14. The van der Waals surface area contributed by atoms with Crippen molar-refractivity contribution in [3.8, 4) is 0 Å². The Morgan fingerprint density at radius 1 is 1.24 bits per heavy atom. The molecule has 1 rings (SSSR count). The van der Waals surface area contributed by atoms with Gasteiger partial charge in [-0.05, 0) is 0 Å². The van der Waals surface area contributed by atoms with E-state index >= 15 is 0 Å². The Balaban J connectivity index is 3.27. The summed E-state index contributed by atoms with van der Waals surface area (Å²) in [6.45, 7) is 13.6. The van der Waals surface area contributed by atoms with Crippen LogP contribution in [0.2, 0.25) is 23.6 Å². The number of nitrogens with one attached hydrogen (secondary N) is 1. The van der Waals surface area contributed by atoms with Gasteiger partial charge in [-0.1, -0.05) is 0 Å². The van der Waals surface area contributed by atoms with Crippen LogP contribution < -0.4 is 3.80 Å². The Morgan fingerprint density at radius 2 is 1.76 bits per heavy atom. The van der Waals surface area contributed by atoms with E-state index in [1.165, 1.54) is 6.42 Å². The molecule has 0 bridgehead atoms. The molecule has 0 saturated heterocycles. The van der Waals surface area contributed by atoms with Gasteiger partial charge in [-0.15, -0.1) is 0 Å². The van der Waals surface area contributed by atoms with E-state index in [1.54, 1.807) is 9.45 Å². The third kappa shape index (κ3) is 3.04. The molecule has 0 saturated carbocycles. The van der Waals surface area contributed by atoms with Crippen molar-refractivity contribution in [2.24, 2.45) is 0 Å². The molecule has 0 unspecified atom stereocenters. The first-order valence-electron chi connectivity index (χ1n) is 6.83. The standard InChI is InChI=1S/C6H7.C4H10N.C2H7Si.2CH3.Ti/c1-6-4-2-3-5-6;1-4(2,3)5;1-3-2;;;/h2,4H,3H2,1H3;5H,1-3H3;3H,1-2H3;2*1H3;/q;-1;;;;+1. The van der Waals surface area contributed by atoms with Crippen molar-refractivity contribution < 1.29 is 14.8 Å². The second kappa shape index (κ2) is 4.48. The van der Waals surface area contributed by atoms with E-state index in [0.717, 1.165) is 0 Å². The molecule has 3 heteroatoms. The summed E-state index contributed by atoms with van der Waals surface area (Å²) in [6.07, 6.45) is 5.87. The van der Waals surface area contributed by atoms with E-state index in [2.05, 4.69) is 67.2 Å². The molecular formula is C14H30NSiTi. The summed E-state index contributed by atoms with van der Waals surface area (Å²) in [6, 6.07) is 0. The van der Waals surface area contributed by atoms with Crippen LogP contribution in [0.4, 0.5) is 0 Å². The maximum absolute atomic E-state index is 4.14. The molecular weight excluding hydrogens is 258 g/mol. The second-order valence-electron chi connectivity index (χ2n) is 7.79. The van der Waals surface area contributed by atoms with Crippen LogP contribution >= 0.6 is 0 Å². The molecule has 99 valence electrons. The number of allylic oxidation sites excluding steroid dienone is 4. The van der Waals surface area contributed by atoms with Gasteiger partial charge < -0.3 is 0 Å². The van der Waals surface area contributed by atoms with E-state index in [-0.39, 0.29) is 5.54 Å². The molecule has 1 aliphatic rings. The van der Waals surface area contributed by atoms with Crippen molar-refractivity contribution in [2.45, 2.75) is 63.2 Å². The van der Waals surface area contributed by atoms with Crippen molar-refractivity contribution in [2.75, 3.05) is 0 Å². The molecule has 0 fully saturated rings. The Bertz CT molecular complexity index is 372. The van der Waals surface area contributed by atoms with E-state index < -0.39 is 21.5 Å². The summed E-state index contributed by atoms with van der Waals surface area (Å²) < 4.78 is 5.93. The van der Waals surface area contributed by atoms with Gasteiger partial charge in [0.1, 0.15) is 0 Å². The minimum absolute atomic E-state index is 0.230. The average Bonchev–Trinajstić information content (AvgIpc) is 2.47. The molecule has 0 spiro atoms. The van der Waals surface area contributed by atoms with Crippen LogP contribution in [0.15, 0.2) is 21.6 Å². The Morgan fingerprint density at radius 3 is 2.06 bits per heavy atom. The zero-order valence-electron chi connectivity index (χ0n) is 12.9. The van der Waals surface area contributed by atoms with Gasteiger partial charge in [0.2, 0.25) is 0 Å². The third-order valence-electron chi connectivity index (χ3n) is 4.59. The van der Waals surface area contributed by atoms with Crippen LogP contribution in [-0.2, 0) is 14.8 Å². The Kier molecular flexibility index (Phi) is 4.07. The van der Waals surface area contributed by atoms with Gasteiger partial charge in [0.15, 0.2) is 0 Å². The number of hydrogen-bond acceptors (Lipinski definition) is 1. The molecule has 0 aliphatic heterocycles. The van der Waals surface area contributed by atoms with E-state index in [1.807, 2.05) is 0 Å². The molecule has 0 aromatic rings. The van der Waals surface area contributed by atoms with Crippen molar-refractivity contribution >= 4 is 6.66 Å². The van der Waals surface area contributed by atoms with Crippen LogP contribution in [0.1, 0.15) is 34.1 Å². The van der Waals surface area contributed by atoms with E-state index in [4.69, 9.17) is 0 Å². The van der Waals surface area contributed by atoms with Crippen molar-refractivity contribution in [1.29, 1.82) is 0 Å². The molecule has 0 atom stereocenters. The van der Waals surface area contributed by atoms with Gasteiger partial charge in [0, 0.05) is 0 Å². The molecule has 0 amide bonds. The Hall–Kier alpha value is 0.371. The van der Waals surface area contributed by atoms with E-state index in [9.17, 15) is 0 Å². The van der Waals surface area contributed by atoms with Gasteiger partial charge in [-0.2, -0.15) is 0 Å². The molecule has 1 nitrogen and oxygen atoms in total. The predicted molar refractivity (Wildman–Crippen MR) is 80.0 cm³/mol. The van der Waals surface area contributed by atoms with Gasteiger partial charge >= 0.3 is 110 Å². The molecule has 0 aromatic carbocycles. The summed E-state index contributed by atoms with van der Waals surface area (Å²) in [5.41, 5.74) is 1.78. The molecule has 0 heterocycles. The van der Waals surface area contributed by atoms with Crippen LogP contribution in [0.3, 0.4) is 0 Å². The first-order valence-corrected chi connectivity index (χ1v) is 17.1. The Labute approximate surface area is 110 Å². The first kappa shape index (κ1) is 15.4. The number of rotatable bonds is 3. The van der Waals surface area contributed by atoms with Gasteiger partial charge in [-0.3, -0.25) is 0 Å². The number of hydrogen-bond donors (Lipinski definition) is 1. The van der Waals surface area contributed by atoms with Gasteiger partial charge in [-0.25, -0.2) is 0 Å². The summed E-state index contributed by atoms with van der Waals surface area (Å²) in [5.74, 6) is 0. The summed E-state index contributed by atoms with van der Waals surface area (Å²) in [7, 11) is 0. The SMILES string of the molecule is CC1=[C]([Ti]([CH3])([CH3])([NH]C(C)(C)C)[SiH](C)C)CC=C1. The predicted octanol–water partition coefficient (Wildman–Crippen LogP) is 4.29.